The molecule has 1 atom stereocenters. The van der Waals surface area contributed by atoms with Crippen molar-refractivity contribution in [3.63, 3.8) is 0 Å². The third kappa shape index (κ3) is 2.63. The third-order valence-corrected chi connectivity index (χ3v) is 2.94. The van der Waals surface area contributed by atoms with Crippen LogP contribution in [0.4, 0.5) is 5.69 Å². The van der Waals surface area contributed by atoms with Gasteiger partial charge < -0.3 is 10.6 Å². The molecule has 2 nitrogen and oxygen atoms in total. The van der Waals surface area contributed by atoms with Crippen LogP contribution in [0.3, 0.4) is 0 Å². The number of anilines is 1. The fourth-order valence-electron chi connectivity index (χ4n) is 1.85. The van der Waals surface area contributed by atoms with E-state index in [4.69, 9.17) is 11.6 Å². The maximum Gasteiger partial charge on any atom is 0.104 e. The molecular formula is C11H16ClN2+. The zero-order chi connectivity index (χ0) is 9.80. The van der Waals surface area contributed by atoms with Crippen molar-refractivity contribution < 1.29 is 5.32 Å². The van der Waals surface area contributed by atoms with Gasteiger partial charge in [0.05, 0.1) is 13.1 Å². The molecule has 0 unspecified atom stereocenters. The molecule has 1 aliphatic rings. The molecule has 0 amide bonds. The maximum atomic E-state index is 5.80. The smallest absolute Gasteiger partial charge is 0.104 e. The van der Waals surface area contributed by atoms with Gasteiger partial charge in [-0.2, -0.15) is 0 Å². The monoisotopic (exact) mass is 211 g/mol. The first-order chi connectivity index (χ1) is 6.84. The molecule has 1 fully saturated rings. The molecular weight excluding hydrogens is 196 g/mol. The van der Waals surface area contributed by atoms with Crippen LogP contribution >= 0.6 is 11.6 Å². The Hall–Kier alpha value is -0.730. The van der Waals surface area contributed by atoms with Gasteiger partial charge in [0.2, 0.25) is 0 Å². The molecule has 0 aromatic heterocycles. The summed E-state index contributed by atoms with van der Waals surface area (Å²) in [5.74, 6) is 0. The average Bonchev–Trinajstić information content (AvgIpc) is 2.70. The topological polar surface area (TPSA) is 28.6 Å². The van der Waals surface area contributed by atoms with E-state index in [1.54, 1.807) is 0 Å². The standard InChI is InChI=1S/C11H15ClN2/c12-9-3-5-10(6-4-9)14-8-11-2-1-7-13-11/h3-6,11,13-14H,1-2,7-8H2/p+1/t11-/m1/s1. The second-order valence-electron chi connectivity index (χ2n) is 3.81. The molecule has 76 valence electrons. The SMILES string of the molecule is Clc1ccc(NC[C@H]2CCC[NH2+]2)cc1. The molecule has 0 radical (unpaired) electrons. The molecule has 14 heavy (non-hydrogen) atoms. The van der Waals surface area contributed by atoms with Gasteiger partial charge in [0.25, 0.3) is 0 Å². The van der Waals surface area contributed by atoms with Gasteiger partial charge >= 0.3 is 0 Å². The molecule has 0 bridgehead atoms. The first-order valence-corrected chi connectivity index (χ1v) is 5.55. The minimum Gasteiger partial charge on any atom is -0.379 e. The lowest BCUT2D eigenvalue weighted by atomic mass is 10.2. The van der Waals surface area contributed by atoms with Gasteiger partial charge in [-0.1, -0.05) is 11.6 Å². The predicted octanol–water partition coefficient (Wildman–Crippen LogP) is 1.48. The van der Waals surface area contributed by atoms with Gasteiger partial charge in [0, 0.05) is 23.6 Å². The van der Waals surface area contributed by atoms with E-state index in [0.717, 1.165) is 23.3 Å². The van der Waals surface area contributed by atoms with Crippen molar-refractivity contribution in [1.29, 1.82) is 0 Å². The highest BCUT2D eigenvalue weighted by Gasteiger charge is 2.17. The van der Waals surface area contributed by atoms with Gasteiger partial charge in [-0.25, -0.2) is 0 Å². The summed E-state index contributed by atoms with van der Waals surface area (Å²) in [4.78, 5) is 0. The Morgan fingerprint density at radius 2 is 2.14 bits per heavy atom. The van der Waals surface area contributed by atoms with Crippen molar-refractivity contribution >= 4 is 17.3 Å². The molecule has 0 aliphatic carbocycles. The Bertz CT molecular complexity index is 278. The quantitative estimate of drug-likeness (QED) is 0.779. The van der Waals surface area contributed by atoms with Gasteiger partial charge in [0.15, 0.2) is 0 Å². The van der Waals surface area contributed by atoms with E-state index in [-0.39, 0.29) is 0 Å². The van der Waals surface area contributed by atoms with Gasteiger partial charge in [-0.05, 0) is 24.3 Å². The van der Waals surface area contributed by atoms with E-state index in [1.807, 2.05) is 24.3 Å². The summed E-state index contributed by atoms with van der Waals surface area (Å²) in [6, 6.07) is 8.64. The van der Waals surface area contributed by atoms with E-state index >= 15 is 0 Å². The van der Waals surface area contributed by atoms with E-state index in [2.05, 4.69) is 10.6 Å². The third-order valence-electron chi connectivity index (χ3n) is 2.69. The Labute approximate surface area is 89.7 Å². The molecule has 0 spiro atoms. The molecule has 3 N–H and O–H groups in total. The van der Waals surface area contributed by atoms with E-state index in [1.165, 1.54) is 19.4 Å². The van der Waals surface area contributed by atoms with Crippen molar-refractivity contribution in [3.05, 3.63) is 29.3 Å². The van der Waals surface area contributed by atoms with E-state index < -0.39 is 0 Å². The van der Waals surface area contributed by atoms with Gasteiger partial charge in [-0.3, -0.25) is 0 Å². The first kappa shape index (κ1) is 9.81. The largest absolute Gasteiger partial charge is 0.379 e. The summed E-state index contributed by atoms with van der Waals surface area (Å²) < 4.78 is 0. The second-order valence-corrected chi connectivity index (χ2v) is 4.25. The Kier molecular flexibility index (Phi) is 3.27. The zero-order valence-corrected chi connectivity index (χ0v) is 8.93. The number of benzene rings is 1. The molecule has 2 rings (SSSR count). The Morgan fingerprint density at radius 3 is 2.79 bits per heavy atom. The number of hydrogen-bond acceptors (Lipinski definition) is 1. The number of nitrogens with two attached hydrogens (primary N) is 1. The molecule has 1 saturated heterocycles. The van der Waals surface area contributed by atoms with Crippen molar-refractivity contribution in [2.45, 2.75) is 18.9 Å². The molecule has 1 aliphatic heterocycles. The number of nitrogens with one attached hydrogen (secondary N) is 1. The first-order valence-electron chi connectivity index (χ1n) is 5.17. The van der Waals surface area contributed by atoms with Crippen LogP contribution in [0.2, 0.25) is 5.02 Å². The zero-order valence-electron chi connectivity index (χ0n) is 8.17. The maximum absolute atomic E-state index is 5.80. The van der Waals surface area contributed by atoms with Crippen LogP contribution in [-0.4, -0.2) is 19.1 Å². The summed E-state index contributed by atoms with van der Waals surface area (Å²) >= 11 is 5.80. The number of hydrogen-bond donors (Lipinski definition) is 2. The van der Waals surface area contributed by atoms with Gasteiger partial charge in [0.1, 0.15) is 6.04 Å². The molecule has 1 aromatic rings. The highest BCUT2D eigenvalue weighted by atomic mass is 35.5. The summed E-state index contributed by atoms with van der Waals surface area (Å²) in [6.07, 6.45) is 2.69. The van der Waals surface area contributed by atoms with E-state index in [0.29, 0.717) is 0 Å². The number of rotatable bonds is 3. The van der Waals surface area contributed by atoms with Crippen LogP contribution in [0, 0.1) is 0 Å². The van der Waals surface area contributed by atoms with Crippen LogP contribution < -0.4 is 10.6 Å². The molecule has 0 saturated carbocycles. The van der Waals surface area contributed by atoms with E-state index in [9.17, 15) is 0 Å². The number of quaternary nitrogens is 1. The van der Waals surface area contributed by atoms with Crippen LogP contribution in [0.5, 0.6) is 0 Å². The fraction of sp³-hybridized carbons (Fsp3) is 0.455. The van der Waals surface area contributed by atoms with Crippen molar-refractivity contribution in [2.75, 3.05) is 18.4 Å². The minimum atomic E-state index is 0.755. The predicted molar refractivity (Wildman–Crippen MR) is 59.8 cm³/mol. The van der Waals surface area contributed by atoms with Crippen molar-refractivity contribution in [1.82, 2.24) is 0 Å². The Balaban J connectivity index is 1.82. The Morgan fingerprint density at radius 1 is 1.36 bits per heavy atom. The summed E-state index contributed by atoms with van der Waals surface area (Å²) in [7, 11) is 0. The van der Waals surface area contributed by atoms with Crippen LogP contribution in [-0.2, 0) is 0 Å². The molecule has 1 heterocycles. The van der Waals surface area contributed by atoms with Crippen LogP contribution in [0.15, 0.2) is 24.3 Å². The molecule has 1 aromatic carbocycles. The summed E-state index contributed by atoms with van der Waals surface area (Å²) in [5.41, 5.74) is 1.16. The fourth-order valence-corrected chi connectivity index (χ4v) is 1.98. The lowest BCUT2D eigenvalue weighted by molar-refractivity contribution is -0.666. The second kappa shape index (κ2) is 4.67. The summed E-state index contributed by atoms with van der Waals surface area (Å²) in [6.45, 7) is 2.34. The van der Waals surface area contributed by atoms with Crippen LogP contribution in [0.25, 0.3) is 0 Å². The number of halogens is 1. The minimum absolute atomic E-state index is 0.755. The summed E-state index contributed by atoms with van der Waals surface area (Å²) in [5, 5.41) is 6.64. The van der Waals surface area contributed by atoms with Crippen molar-refractivity contribution in [3.8, 4) is 0 Å². The highest BCUT2D eigenvalue weighted by Crippen LogP contribution is 2.13. The lowest BCUT2D eigenvalue weighted by Crippen LogP contribution is -2.87. The van der Waals surface area contributed by atoms with Gasteiger partial charge in [-0.15, -0.1) is 0 Å². The highest BCUT2D eigenvalue weighted by molar-refractivity contribution is 6.30. The lowest BCUT2D eigenvalue weighted by Gasteiger charge is -2.09. The average molecular weight is 212 g/mol. The normalized spacial score (nSPS) is 21.1. The molecule has 3 heteroatoms. The van der Waals surface area contributed by atoms with Crippen LogP contribution in [0.1, 0.15) is 12.8 Å². The van der Waals surface area contributed by atoms with Crippen molar-refractivity contribution in [2.24, 2.45) is 0 Å².